The van der Waals surface area contributed by atoms with E-state index >= 15 is 0 Å². The number of hydrogen-bond acceptors (Lipinski definition) is 3. The fraction of sp³-hybridized carbons (Fsp3) is 0.923. The zero-order chi connectivity index (χ0) is 13.5. The quantitative estimate of drug-likeness (QED) is 0.656. The van der Waals surface area contributed by atoms with Crippen LogP contribution >= 0.6 is 0 Å². The molecule has 0 N–H and O–H groups in total. The second-order valence-corrected chi connectivity index (χ2v) is 5.48. The van der Waals surface area contributed by atoms with E-state index in [2.05, 4.69) is 25.8 Å². The fourth-order valence-corrected chi connectivity index (χ4v) is 1.32. The summed E-state index contributed by atoms with van der Waals surface area (Å²) in [6, 6.07) is 0. The number of carbonyl (C=O) groups excluding carboxylic acids is 1. The maximum atomic E-state index is 11.6. The number of amides is 1. The zero-order valence-corrected chi connectivity index (χ0v) is 12.2. The summed E-state index contributed by atoms with van der Waals surface area (Å²) in [5.41, 5.74) is -0.388. The molecule has 1 fully saturated rings. The Morgan fingerprint density at radius 2 is 1.53 bits per heavy atom. The molecule has 4 nitrogen and oxygen atoms in total. The van der Waals surface area contributed by atoms with Crippen LogP contribution in [0, 0.1) is 0 Å². The second kappa shape index (κ2) is 7.54. The van der Waals surface area contributed by atoms with Crippen LogP contribution in [0.3, 0.4) is 0 Å². The van der Waals surface area contributed by atoms with Gasteiger partial charge in [0.2, 0.25) is 0 Å². The normalized spacial score (nSPS) is 17.2. The van der Waals surface area contributed by atoms with Crippen molar-refractivity contribution in [2.24, 2.45) is 0 Å². The Labute approximate surface area is 106 Å². The molecule has 1 aliphatic rings. The number of likely N-dealkylation sites (N-methyl/N-ethyl adjacent to an activating group) is 1. The molecule has 0 spiro atoms. The molecular weight excluding hydrogens is 216 g/mol. The lowest BCUT2D eigenvalue weighted by molar-refractivity contribution is 0.0164. The highest BCUT2D eigenvalue weighted by molar-refractivity contribution is 5.68. The maximum absolute atomic E-state index is 11.6. The molecule has 1 heterocycles. The predicted molar refractivity (Wildman–Crippen MR) is 71.3 cm³/mol. The standard InChI is InChI=1S/C10H20N2O2.C3H8/c1-10(2,3)14-9(13)12-7-5-11(4)6-8-12;1-3-2/h5-8H2,1-4H3;3H2,1-2H3. The topological polar surface area (TPSA) is 32.8 Å². The first kappa shape index (κ1) is 16.2. The van der Waals surface area contributed by atoms with Crippen molar-refractivity contribution < 1.29 is 9.53 Å². The molecule has 1 aliphatic heterocycles. The van der Waals surface area contributed by atoms with E-state index in [4.69, 9.17) is 4.74 Å². The smallest absolute Gasteiger partial charge is 0.410 e. The number of rotatable bonds is 0. The monoisotopic (exact) mass is 244 g/mol. The summed E-state index contributed by atoms with van der Waals surface area (Å²) in [6.45, 7) is 13.3. The molecule has 1 amide bonds. The predicted octanol–water partition coefficient (Wildman–Crippen LogP) is 2.59. The van der Waals surface area contributed by atoms with Gasteiger partial charge in [-0.2, -0.15) is 0 Å². The van der Waals surface area contributed by atoms with Crippen LogP contribution in [0.4, 0.5) is 4.79 Å². The lowest BCUT2D eigenvalue weighted by atomic mass is 10.2. The SMILES string of the molecule is CCC.CN1CCN(C(=O)OC(C)(C)C)CC1. The van der Waals surface area contributed by atoms with Crippen LogP contribution in [0.15, 0.2) is 0 Å². The van der Waals surface area contributed by atoms with Gasteiger partial charge in [-0.05, 0) is 27.8 Å². The van der Waals surface area contributed by atoms with Gasteiger partial charge < -0.3 is 14.5 Å². The molecule has 0 radical (unpaired) electrons. The van der Waals surface area contributed by atoms with Crippen molar-refractivity contribution in [1.82, 2.24) is 9.80 Å². The summed E-state index contributed by atoms with van der Waals surface area (Å²) in [5, 5.41) is 0. The van der Waals surface area contributed by atoms with Crippen molar-refractivity contribution in [2.45, 2.75) is 46.6 Å². The van der Waals surface area contributed by atoms with Crippen molar-refractivity contribution in [1.29, 1.82) is 0 Å². The fourth-order valence-electron chi connectivity index (χ4n) is 1.32. The van der Waals surface area contributed by atoms with Crippen LogP contribution in [0.1, 0.15) is 41.0 Å². The molecule has 1 rings (SSSR count). The van der Waals surface area contributed by atoms with Crippen molar-refractivity contribution in [2.75, 3.05) is 33.2 Å². The van der Waals surface area contributed by atoms with Gasteiger partial charge in [0.25, 0.3) is 0 Å². The Balaban J connectivity index is 0.000000770. The molecule has 0 aromatic rings. The number of ether oxygens (including phenoxy) is 1. The Kier molecular flexibility index (Phi) is 7.19. The van der Waals surface area contributed by atoms with Gasteiger partial charge >= 0.3 is 6.09 Å². The van der Waals surface area contributed by atoms with Crippen molar-refractivity contribution in [3.63, 3.8) is 0 Å². The van der Waals surface area contributed by atoms with Crippen molar-refractivity contribution in [3.8, 4) is 0 Å². The third kappa shape index (κ3) is 8.02. The van der Waals surface area contributed by atoms with Crippen LogP contribution in [0.5, 0.6) is 0 Å². The van der Waals surface area contributed by atoms with Gasteiger partial charge in [-0.1, -0.05) is 20.3 Å². The first-order valence-corrected chi connectivity index (χ1v) is 6.46. The zero-order valence-electron chi connectivity index (χ0n) is 12.2. The molecule has 17 heavy (non-hydrogen) atoms. The molecule has 0 atom stereocenters. The molecule has 102 valence electrons. The highest BCUT2D eigenvalue weighted by atomic mass is 16.6. The molecular formula is C13H28N2O2. The van der Waals surface area contributed by atoms with Crippen LogP contribution in [-0.4, -0.2) is 54.7 Å². The average Bonchev–Trinajstić information content (AvgIpc) is 2.17. The van der Waals surface area contributed by atoms with Crippen molar-refractivity contribution >= 4 is 6.09 Å². The van der Waals surface area contributed by atoms with Crippen LogP contribution in [0.2, 0.25) is 0 Å². The van der Waals surface area contributed by atoms with E-state index in [1.54, 1.807) is 4.90 Å². The number of carbonyl (C=O) groups is 1. The van der Waals surface area contributed by atoms with Crippen LogP contribution in [-0.2, 0) is 4.74 Å². The molecule has 0 bridgehead atoms. The molecule has 4 heteroatoms. The lowest BCUT2D eigenvalue weighted by Crippen LogP contribution is -2.48. The minimum absolute atomic E-state index is 0.189. The van der Waals surface area contributed by atoms with Gasteiger partial charge in [-0.25, -0.2) is 4.79 Å². The van der Waals surface area contributed by atoms with Gasteiger partial charge in [0.05, 0.1) is 0 Å². The molecule has 1 saturated heterocycles. The average molecular weight is 244 g/mol. The van der Waals surface area contributed by atoms with Gasteiger partial charge in [0.15, 0.2) is 0 Å². The summed E-state index contributed by atoms with van der Waals surface area (Å²) in [7, 11) is 2.06. The van der Waals surface area contributed by atoms with E-state index in [-0.39, 0.29) is 11.7 Å². The minimum atomic E-state index is -0.388. The van der Waals surface area contributed by atoms with E-state index in [0.717, 1.165) is 26.2 Å². The number of hydrogen-bond donors (Lipinski definition) is 0. The lowest BCUT2D eigenvalue weighted by Gasteiger charge is -2.33. The van der Waals surface area contributed by atoms with Crippen LogP contribution in [0.25, 0.3) is 0 Å². The molecule has 0 aliphatic carbocycles. The van der Waals surface area contributed by atoms with E-state index in [0.29, 0.717) is 0 Å². The Hall–Kier alpha value is -0.770. The van der Waals surface area contributed by atoms with E-state index < -0.39 is 0 Å². The third-order valence-corrected chi connectivity index (χ3v) is 2.15. The number of piperazine rings is 1. The van der Waals surface area contributed by atoms with E-state index in [9.17, 15) is 4.79 Å². The molecule has 0 aromatic carbocycles. The summed E-state index contributed by atoms with van der Waals surface area (Å²) in [4.78, 5) is 15.6. The summed E-state index contributed by atoms with van der Waals surface area (Å²) in [5.74, 6) is 0. The van der Waals surface area contributed by atoms with Crippen molar-refractivity contribution in [3.05, 3.63) is 0 Å². The summed E-state index contributed by atoms with van der Waals surface area (Å²) >= 11 is 0. The second-order valence-electron chi connectivity index (χ2n) is 5.48. The van der Waals surface area contributed by atoms with Gasteiger partial charge in [0, 0.05) is 26.2 Å². The summed E-state index contributed by atoms with van der Waals surface area (Å²) in [6.07, 6.45) is 1.06. The first-order chi connectivity index (χ1) is 7.80. The highest BCUT2D eigenvalue weighted by Crippen LogP contribution is 2.11. The highest BCUT2D eigenvalue weighted by Gasteiger charge is 2.24. The van der Waals surface area contributed by atoms with Gasteiger partial charge in [-0.3, -0.25) is 0 Å². The number of nitrogens with zero attached hydrogens (tertiary/aromatic N) is 2. The largest absolute Gasteiger partial charge is 0.444 e. The first-order valence-electron chi connectivity index (χ1n) is 6.46. The third-order valence-electron chi connectivity index (χ3n) is 2.15. The maximum Gasteiger partial charge on any atom is 0.410 e. The van der Waals surface area contributed by atoms with Gasteiger partial charge in [-0.15, -0.1) is 0 Å². The Bertz CT molecular complexity index is 216. The molecule has 0 aromatic heterocycles. The Morgan fingerprint density at radius 3 is 1.88 bits per heavy atom. The van der Waals surface area contributed by atoms with E-state index in [1.165, 1.54) is 6.42 Å². The van der Waals surface area contributed by atoms with Gasteiger partial charge in [0.1, 0.15) is 5.60 Å². The van der Waals surface area contributed by atoms with E-state index in [1.807, 2.05) is 20.8 Å². The van der Waals surface area contributed by atoms with Crippen LogP contribution < -0.4 is 0 Å². The molecule has 0 saturated carbocycles. The minimum Gasteiger partial charge on any atom is -0.444 e. The molecule has 0 unspecified atom stereocenters. The summed E-state index contributed by atoms with van der Waals surface area (Å²) < 4.78 is 5.28. The Morgan fingerprint density at radius 1 is 1.12 bits per heavy atom.